The Morgan fingerprint density at radius 3 is 2.37 bits per heavy atom. The molecular formula is C23H31NO3. The molecule has 2 rings (SSSR count). The molecule has 4 nitrogen and oxygen atoms in total. The molecule has 2 aromatic rings. The van der Waals surface area contributed by atoms with Crippen molar-refractivity contribution in [3.05, 3.63) is 70.8 Å². The van der Waals surface area contributed by atoms with E-state index in [4.69, 9.17) is 0 Å². The van der Waals surface area contributed by atoms with E-state index in [0.29, 0.717) is 12.5 Å². The van der Waals surface area contributed by atoms with Gasteiger partial charge in [0.1, 0.15) is 0 Å². The Morgan fingerprint density at radius 1 is 1.07 bits per heavy atom. The van der Waals surface area contributed by atoms with Gasteiger partial charge in [-0.05, 0) is 41.6 Å². The van der Waals surface area contributed by atoms with Crippen LogP contribution < -0.4 is 5.32 Å². The molecular weight excluding hydrogens is 338 g/mol. The van der Waals surface area contributed by atoms with E-state index in [0.717, 1.165) is 29.7 Å². The van der Waals surface area contributed by atoms with Crippen LogP contribution in [-0.2, 0) is 17.8 Å². The summed E-state index contributed by atoms with van der Waals surface area (Å²) in [4.78, 5) is 11.4. The lowest BCUT2D eigenvalue weighted by molar-refractivity contribution is -0.141. The largest absolute Gasteiger partial charge is 0.481 e. The van der Waals surface area contributed by atoms with Gasteiger partial charge in [-0.15, -0.1) is 0 Å². The average Bonchev–Trinajstić information content (AvgIpc) is 2.66. The van der Waals surface area contributed by atoms with Crippen LogP contribution in [0, 0.1) is 5.92 Å². The zero-order valence-electron chi connectivity index (χ0n) is 16.5. The summed E-state index contributed by atoms with van der Waals surface area (Å²) in [7, 11) is 0. The number of carboxylic acid groups (broad SMARTS) is 1. The number of aliphatic hydroxyl groups excluding tert-OH is 1. The van der Waals surface area contributed by atoms with E-state index in [-0.39, 0.29) is 12.5 Å². The maximum atomic E-state index is 11.4. The smallest absolute Gasteiger partial charge is 0.306 e. The summed E-state index contributed by atoms with van der Waals surface area (Å²) in [6.07, 6.45) is 1.39. The lowest BCUT2D eigenvalue weighted by Crippen LogP contribution is -2.25. The average molecular weight is 370 g/mol. The minimum absolute atomic E-state index is 0.0203. The van der Waals surface area contributed by atoms with Gasteiger partial charge in [0, 0.05) is 12.0 Å². The second-order valence-corrected chi connectivity index (χ2v) is 7.50. The summed E-state index contributed by atoms with van der Waals surface area (Å²) in [6, 6.07) is 16.6. The van der Waals surface area contributed by atoms with Crippen molar-refractivity contribution in [3.8, 4) is 0 Å². The van der Waals surface area contributed by atoms with Gasteiger partial charge in [-0.1, -0.05) is 69.3 Å². The predicted octanol–water partition coefficient (Wildman–Crippen LogP) is 3.96. The summed E-state index contributed by atoms with van der Waals surface area (Å²) >= 11 is 0. The highest BCUT2D eigenvalue weighted by atomic mass is 16.4. The summed E-state index contributed by atoms with van der Waals surface area (Å²) in [6.45, 7) is 6.85. The quantitative estimate of drug-likeness (QED) is 0.593. The number of hydrogen-bond acceptors (Lipinski definition) is 3. The Bertz CT molecular complexity index is 728. The molecule has 0 aliphatic heterocycles. The van der Waals surface area contributed by atoms with E-state index in [9.17, 15) is 15.0 Å². The minimum Gasteiger partial charge on any atom is -0.481 e. The first-order valence-electron chi connectivity index (χ1n) is 9.66. The number of benzene rings is 2. The molecule has 0 bridgehead atoms. The van der Waals surface area contributed by atoms with Gasteiger partial charge in [-0.2, -0.15) is 0 Å². The molecule has 0 aromatic heterocycles. The number of rotatable bonds is 10. The van der Waals surface area contributed by atoms with Crippen LogP contribution in [0.1, 0.15) is 55.4 Å². The van der Waals surface area contributed by atoms with E-state index in [1.165, 1.54) is 5.56 Å². The molecule has 0 aliphatic rings. The third-order valence-corrected chi connectivity index (χ3v) is 4.90. The van der Waals surface area contributed by atoms with Crippen molar-refractivity contribution in [2.24, 2.45) is 5.92 Å². The highest BCUT2D eigenvalue weighted by Crippen LogP contribution is 2.32. The van der Waals surface area contributed by atoms with Crippen molar-refractivity contribution in [2.45, 2.75) is 52.2 Å². The van der Waals surface area contributed by atoms with Crippen molar-refractivity contribution >= 4 is 5.97 Å². The lowest BCUT2D eigenvalue weighted by Gasteiger charge is -2.24. The molecule has 2 aromatic carbocycles. The van der Waals surface area contributed by atoms with Gasteiger partial charge in [0.2, 0.25) is 0 Å². The Balaban J connectivity index is 2.43. The van der Waals surface area contributed by atoms with E-state index >= 15 is 0 Å². The maximum absolute atomic E-state index is 11.4. The van der Waals surface area contributed by atoms with Gasteiger partial charge in [0.25, 0.3) is 0 Å². The van der Waals surface area contributed by atoms with E-state index in [2.05, 4.69) is 31.3 Å². The monoisotopic (exact) mass is 369 g/mol. The van der Waals surface area contributed by atoms with E-state index in [1.807, 2.05) is 36.4 Å². The van der Waals surface area contributed by atoms with Gasteiger partial charge < -0.3 is 15.5 Å². The normalized spacial score (nSPS) is 13.5. The Hall–Kier alpha value is -2.17. The van der Waals surface area contributed by atoms with Crippen LogP contribution in [0.2, 0.25) is 0 Å². The van der Waals surface area contributed by atoms with Crippen molar-refractivity contribution < 1.29 is 15.0 Å². The highest BCUT2D eigenvalue weighted by molar-refractivity contribution is 5.70. The summed E-state index contributed by atoms with van der Waals surface area (Å²) in [5.41, 5.74) is 4.23. The molecule has 2 atom stereocenters. The molecule has 0 fully saturated rings. The zero-order valence-corrected chi connectivity index (χ0v) is 16.5. The van der Waals surface area contributed by atoms with Gasteiger partial charge in [-0.3, -0.25) is 4.79 Å². The summed E-state index contributed by atoms with van der Waals surface area (Å²) in [5, 5.41) is 22.4. The van der Waals surface area contributed by atoms with Crippen molar-refractivity contribution in [3.63, 3.8) is 0 Å². The third kappa shape index (κ3) is 6.19. The topological polar surface area (TPSA) is 69.6 Å². The molecule has 146 valence electrons. The molecule has 4 heteroatoms. The highest BCUT2D eigenvalue weighted by Gasteiger charge is 2.21. The summed E-state index contributed by atoms with van der Waals surface area (Å²) in [5.74, 6) is -1.08. The van der Waals surface area contributed by atoms with Crippen LogP contribution in [0.15, 0.2) is 48.5 Å². The number of nitrogens with one attached hydrogen (secondary N) is 1. The van der Waals surface area contributed by atoms with Crippen molar-refractivity contribution in [1.29, 1.82) is 0 Å². The maximum Gasteiger partial charge on any atom is 0.306 e. The zero-order chi connectivity index (χ0) is 19.8. The summed E-state index contributed by atoms with van der Waals surface area (Å²) < 4.78 is 0. The van der Waals surface area contributed by atoms with E-state index < -0.39 is 11.9 Å². The first-order valence-corrected chi connectivity index (χ1v) is 9.66. The van der Waals surface area contributed by atoms with Gasteiger partial charge >= 0.3 is 5.97 Å². The fraction of sp³-hybridized carbons (Fsp3) is 0.435. The van der Waals surface area contributed by atoms with Gasteiger partial charge in [-0.25, -0.2) is 0 Å². The third-order valence-electron chi connectivity index (χ3n) is 4.90. The van der Waals surface area contributed by atoms with Crippen LogP contribution in [-0.4, -0.2) is 28.8 Å². The second kappa shape index (κ2) is 10.2. The van der Waals surface area contributed by atoms with Crippen LogP contribution in [0.5, 0.6) is 0 Å². The first-order chi connectivity index (χ1) is 12.9. The Labute approximate surface area is 162 Å². The first kappa shape index (κ1) is 21.1. The number of hydrogen-bond donors (Lipinski definition) is 3. The van der Waals surface area contributed by atoms with Crippen molar-refractivity contribution in [2.75, 3.05) is 6.54 Å². The number of aliphatic hydroxyl groups is 1. The fourth-order valence-electron chi connectivity index (χ4n) is 3.37. The van der Waals surface area contributed by atoms with Crippen LogP contribution in [0.4, 0.5) is 0 Å². The Morgan fingerprint density at radius 2 is 1.78 bits per heavy atom. The number of carboxylic acids is 1. The van der Waals surface area contributed by atoms with Gasteiger partial charge in [0.15, 0.2) is 0 Å². The number of aliphatic carboxylic acids is 1. The molecule has 27 heavy (non-hydrogen) atoms. The molecule has 0 saturated heterocycles. The van der Waals surface area contributed by atoms with Crippen LogP contribution in [0.3, 0.4) is 0 Å². The standard InChI is InChI=1S/C23H31NO3/c1-16(2)24-12-11-21(19-7-5-4-6-8-19)22-14-18(15-25)9-10-20(22)13-17(3)23(26)27/h4-10,14,16-17,21,24-25H,11-13,15H2,1-3H3,(H,26,27)/t17-,21?/m1/s1. The SMILES string of the molecule is CC(C)NCCC(c1ccccc1)c1cc(CO)ccc1C[C@@H](C)C(=O)O. The fourth-order valence-corrected chi connectivity index (χ4v) is 3.37. The number of carbonyl (C=O) groups is 1. The van der Waals surface area contributed by atoms with Gasteiger partial charge in [0.05, 0.1) is 12.5 Å². The molecule has 1 unspecified atom stereocenters. The Kier molecular flexibility index (Phi) is 8.01. The predicted molar refractivity (Wildman–Crippen MR) is 109 cm³/mol. The molecule has 0 radical (unpaired) electrons. The molecule has 0 spiro atoms. The second-order valence-electron chi connectivity index (χ2n) is 7.50. The molecule has 0 saturated carbocycles. The van der Waals surface area contributed by atoms with E-state index in [1.54, 1.807) is 6.92 Å². The molecule has 0 amide bonds. The van der Waals surface area contributed by atoms with Crippen LogP contribution >= 0.6 is 0 Å². The van der Waals surface area contributed by atoms with Crippen LogP contribution in [0.25, 0.3) is 0 Å². The molecule has 3 N–H and O–H groups in total. The molecule has 0 heterocycles. The minimum atomic E-state index is -0.787. The van der Waals surface area contributed by atoms with Crippen molar-refractivity contribution in [1.82, 2.24) is 5.32 Å². The lowest BCUT2D eigenvalue weighted by atomic mass is 9.82. The molecule has 0 aliphatic carbocycles.